The van der Waals surface area contributed by atoms with Crippen LogP contribution in [0.1, 0.15) is 73.9 Å². The smallest absolute Gasteiger partial charge is 0.264 e. The molecule has 1 unspecified atom stereocenters. The van der Waals surface area contributed by atoms with Crippen molar-refractivity contribution < 1.29 is 9.59 Å². The summed E-state index contributed by atoms with van der Waals surface area (Å²) in [7, 11) is 2.17. The fourth-order valence-corrected chi connectivity index (χ4v) is 5.95. The van der Waals surface area contributed by atoms with Gasteiger partial charge in [-0.05, 0) is 94.1 Å². The van der Waals surface area contributed by atoms with Gasteiger partial charge in [0, 0.05) is 45.9 Å². The number of likely N-dealkylation sites (tertiary alicyclic amines) is 1. The zero-order chi connectivity index (χ0) is 29.1. The van der Waals surface area contributed by atoms with Crippen LogP contribution in [0.5, 0.6) is 0 Å². The molecule has 1 aromatic heterocycles. The topological polar surface area (TPSA) is 65.5 Å². The number of amides is 2. The average molecular weight is 579 g/mol. The molecule has 1 atom stereocenters. The first-order chi connectivity index (χ1) is 18.8. The number of halogens is 1. The maximum Gasteiger partial charge on any atom is 0.264 e. The van der Waals surface area contributed by atoms with Gasteiger partial charge in [-0.3, -0.25) is 14.3 Å². The summed E-state index contributed by atoms with van der Waals surface area (Å²) in [5.74, 6) is 0.139. The Morgan fingerprint density at radius 1 is 1.10 bits per heavy atom. The van der Waals surface area contributed by atoms with Gasteiger partial charge >= 0.3 is 0 Å². The largest absolute Gasteiger partial charge is 0.308 e. The van der Waals surface area contributed by atoms with Gasteiger partial charge in [0.1, 0.15) is 5.15 Å². The molecule has 0 bridgehead atoms. The monoisotopic (exact) mass is 578 g/mol. The molecule has 2 aromatic carbocycles. The number of para-hydroxylation sites is 1. The number of benzene rings is 2. The Morgan fingerprint density at radius 3 is 2.45 bits per heavy atom. The van der Waals surface area contributed by atoms with Crippen LogP contribution in [0.3, 0.4) is 0 Å². The lowest BCUT2D eigenvalue weighted by Gasteiger charge is -2.26. The Labute approximate surface area is 247 Å². The predicted molar refractivity (Wildman–Crippen MR) is 165 cm³/mol. The van der Waals surface area contributed by atoms with E-state index in [0.717, 1.165) is 47.6 Å². The number of nitrogens with one attached hydrogen (secondary N) is 1. The highest BCUT2D eigenvalue weighted by atomic mass is 35.5. The lowest BCUT2D eigenvalue weighted by molar-refractivity contribution is 0.0977. The van der Waals surface area contributed by atoms with Crippen molar-refractivity contribution in [3.05, 3.63) is 88.7 Å². The maximum atomic E-state index is 13.8. The molecule has 0 spiro atoms. The molecule has 8 heteroatoms. The molecule has 4 rings (SSSR count). The summed E-state index contributed by atoms with van der Waals surface area (Å²) in [6.45, 7) is 12.4. The van der Waals surface area contributed by atoms with E-state index in [1.54, 1.807) is 6.07 Å². The lowest BCUT2D eigenvalue weighted by Crippen LogP contribution is -2.34. The minimum Gasteiger partial charge on any atom is -0.308 e. The predicted octanol–water partition coefficient (Wildman–Crippen LogP) is 7.24. The van der Waals surface area contributed by atoms with Gasteiger partial charge in [-0.15, -0.1) is 0 Å². The molecule has 40 heavy (non-hydrogen) atoms. The van der Waals surface area contributed by atoms with Gasteiger partial charge in [-0.25, -0.2) is 4.98 Å². The minimum absolute atomic E-state index is 0.0596. The quantitative estimate of drug-likeness (QED) is 0.225. The highest BCUT2D eigenvalue weighted by molar-refractivity contribution is 7.98. The van der Waals surface area contributed by atoms with Crippen molar-refractivity contribution in [3.63, 3.8) is 0 Å². The Hall–Kier alpha value is -2.87. The van der Waals surface area contributed by atoms with Gasteiger partial charge in [0.2, 0.25) is 0 Å². The van der Waals surface area contributed by atoms with Crippen LogP contribution in [0.4, 0.5) is 5.69 Å². The fraction of sp³-hybridized carbons (Fsp3) is 0.406. The van der Waals surface area contributed by atoms with Gasteiger partial charge in [0.25, 0.3) is 11.8 Å². The van der Waals surface area contributed by atoms with E-state index in [9.17, 15) is 9.59 Å². The number of aromatic nitrogens is 1. The average Bonchev–Trinajstić information content (AvgIpc) is 3.18. The molecule has 1 fully saturated rings. The fourth-order valence-electron chi connectivity index (χ4n) is 5.05. The standard InChI is InChI=1S/C32H39ClN4O2S/c1-31(2,3)27-16-15-26(28(33)34-27)29(38)35-40-25-14-10-11-23(19-25)30(39)37(24-12-8-7-9-13-24)18-17-22-20-32(4,5)36(6)21-22/h7-16,19,22H,17-18,20-21H2,1-6H3,(H,35,38). The molecule has 1 aliphatic heterocycles. The third-order valence-electron chi connectivity index (χ3n) is 7.63. The lowest BCUT2D eigenvalue weighted by atomic mass is 9.91. The van der Waals surface area contributed by atoms with Crippen molar-refractivity contribution in [2.24, 2.45) is 5.92 Å². The Balaban J connectivity index is 1.46. The number of nitrogens with zero attached hydrogens (tertiary/aromatic N) is 3. The Bertz CT molecular complexity index is 1360. The summed E-state index contributed by atoms with van der Waals surface area (Å²) < 4.78 is 2.84. The summed E-state index contributed by atoms with van der Waals surface area (Å²) in [6.07, 6.45) is 2.05. The van der Waals surface area contributed by atoms with E-state index in [1.807, 2.05) is 86.3 Å². The van der Waals surface area contributed by atoms with Gasteiger partial charge < -0.3 is 9.80 Å². The SMILES string of the molecule is CN1CC(CCN(C(=O)c2cccc(SNC(=O)c3ccc(C(C)(C)C)nc3Cl)c2)c2ccccc2)CC1(C)C. The number of hydrogen-bond acceptors (Lipinski definition) is 5. The third-order valence-corrected chi connectivity index (χ3v) is 8.70. The van der Waals surface area contributed by atoms with Gasteiger partial charge in [-0.1, -0.05) is 56.6 Å². The molecule has 0 radical (unpaired) electrons. The van der Waals surface area contributed by atoms with Crippen LogP contribution < -0.4 is 9.62 Å². The number of carbonyl (C=O) groups excluding carboxylic acids is 2. The molecule has 1 saturated heterocycles. The molecule has 1 aliphatic rings. The number of carbonyl (C=O) groups is 2. The Morgan fingerprint density at radius 2 is 1.82 bits per heavy atom. The van der Waals surface area contributed by atoms with Crippen LogP contribution in [0.25, 0.3) is 0 Å². The summed E-state index contributed by atoms with van der Waals surface area (Å²) in [6, 6.07) is 20.7. The first-order valence-corrected chi connectivity index (χ1v) is 14.9. The van der Waals surface area contributed by atoms with Crippen molar-refractivity contribution in [3.8, 4) is 0 Å². The number of anilines is 1. The molecule has 3 aromatic rings. The van der Waals surface area contributed by atoms with Crippen LogP contribution in [0.15, 0.2) is 71.6 Å². The van der Waals surface area contributed by atoms with Gasteiger partial charge in [0.15, 0.2) is 0 Å². The van der Waals surface area contributed by atoms with Crippen LogP contribution in [0.2, 0.25) is 5.15 Å². The normalized spacial score (nSPS) is 17.0. The van der Waals surface area contributed by atoms with Crippen molar-refractivity contribution in [1.29, 1.82) is 0 Å². The van der Waals surface area contributed by atoms with Crippen LogP contribution in [-0.2, 0) is 5.41 Å². The van der Waals surface area contributed by atoms with Crippen LogP contribution in [-0.4, -0.2) is 47.4 Å². The molecule has 2 amide bonds. The number of hydrogen-bond donors (Lipinski definition) is 1. The minimum atomic E-state index is -0.338. The summed E-state index contributed by atoms with van der Waals surface area (Å²) in [4.78, 5) is 36.1. The second-order valence-electron chi connectivity index (χ2n) is 12.2. The van der Waals surface area contributed by atoms with Crippen LogP contribution in [0, 0.1) is 5.92 Å². The Kier molecular flexibility index (Phi) is 9.28. The van der Waals surface area contributed by atoms with E-state index in [0.29, 0.717) is 23.6 Å². The molecule has 0 aliphatic carbocycles. The maximum absolute atomic E-state index is 13.8. The van der Waals surface area contributed by atoms with Crippen molar-refractivity contribution in [1.82, 2.24) is 14.6 Å². The summed E-state index contributed by atoms with van der Waals surface area (Å²) in [5.41, 5.74) is 2.59. The van der Waals surface area contributed by atoms with E-state index >= 15 is 0 Å². The second-order valence-corrected chi connectivity index (χ2v) is 13.4. The number of rotatable bonds is 8. The van der Waals surface area contributed by atoms with Gasteiger partial charge in [0.05, 0.1) is 5.56 Å². The molecule has 6 nitrogen and oxygen atoms in total. The van der Waals surface area contributed by atoms with E-state index in [2.05, 4.69) is 35.5 Å². The second kappa shape index (κ2) is 12.3. The zero-order valence-electron chi connectivity index (χ0n) is 24.2. The van der Waals surface area contributed by atoms with E-state index in [1.165, 1.54) is 0 Å². The molecule has 212 valence electrons. The first kappa shape index (κ1) is 30.1. The molecule has 1 N–H and O–H groups in total. The van der Waals surface area contributed by atoms with E-state index in [-0.39, 0.29) is 27.9 Å². The van der Waals surface area contributed by atoms with E-state index < -0.39 is 0 Å². The molecule has 2 heterocycles. The molecule has 0 saturated carbocycles. The number of pyridine rings is 1. The van der Waals surface area contributed by atoms with Crippen LogP contribution >= 0.6 is 23.5 Å². The van der Waals surface area contributed by atoms with Crippen molar-refractivity contribution >= 4 is 41.1 Å². The summed E-state index contributed by atoms with van der Waals surface area (Å²) >= 11 is 7.49. The summed E-state index contributed by atoms with van der Waals surface area (Å²) in [5, 5.41) is 0.171. The van der Waals surface area contributed by atoms with E-state index in [4.69, 9.17) is 11.6 Å². The van der Waals surface area contributed by atoms with Crippen molar-refractivity contribution in [2.45, 2.75) is 63.3 Å². The highest BCUT2D eigenvalue weighted by Crippen LogP contribution is 2.33. The highest BCUT2D eigenvalue weighted by Gasteiger charge is 2.36. The first-order valence-electron chi connectivity index (χ1n) is 13.7. The molecular weight excluding hydrogens is 540 g/mol. The van der Waals surface area contributed by atoms with Crippen molar-refractivity contribution in [2.75, 3.05) is 25.0 Å². The molecular formula is C32H39ClN4O2S. The third kappa shape index (κ3) is 7.25. The van der Waals surface area contributed by atoms with Gasteiger partial charge in [-0.2, -0.15) is 0 Å². The zero-order valence-corrected chi connectivity index (χ0v) is 25.8.